The van der Waals surface area contributed by atoms with Crippen molar-refractivity contribution in [2.75, 3.05) is 0 Å². The van der Waals surface area contributed by atoms with E-state index >= 15 is 0 Å². The Kier molecular flexibility index (Phi) is 2.31. The van der Waals surface area contributed by atoms with Crippen LogP contribution in [0, 0.1) is 20.8 Å². The van der Waals surface area contributed by atoms with Crippen molar-refractivity contribution in [2.45, 2.75) is 20.8 Å². The number of aromatic nitrogens is 1. The molecule has 0 fully saturated rings. The van der Waals surface area contributed by atoms with E-state index in [1.165, 1.54) is 16.5 Å². The molecule has 2 heteroatoms. The molecule has 0 spiro atoms. The molecular weight excluding hydrogens is 238 g/mol. The molecule has 0 saturated heterocycles. The molecule has 0 saturated carbocycles. The molecule has 0 aliphatic rings. The van der Waals surface area contributed by atoms with Gasteiger partial charge in [0.25, 0.3) is 0 Å². The van der Waals surface area contributed by atoms with Crippen molar-refractivity contribution in [2.24, 2.45) is 0 Å². The highest BCUT2D eigenvalue weighted by Gasteiger charge is 2.06. The van der Waals surface area contributed by atoms with Crippen molar-refractivity contribution < 1.29 is 0 Å². The summed E-state index contributed by atoms with van der Waals surface area (Å²) in [6.45, 7) is 6.23. The van der Waals surface area contributed by atoms with Crippen LogP contribution in [0.5, 0.6) is 0 Å². The van der Waals surface area contributed by atoms with E-state index in [0.29, 0.717) is 0 Å². The average molecular weight is 250 g/mol. The fourth-order valence-corrected chi connectivity index (χ4v) is 2.54. The molecule has 1 aromatic heterocycles. The van der Waals surface area contributed by atoms with Crippen molar-refractivity contribution in [1.82, 2.24) is 4.98 Å². The number of hydrogen-bond donors (Lipinski definition) is 0. The van der Waals surface area contributed by atoms with Crippen molar-refractivity contribution in [3.8, 4) is 0 Å². The van der Waals surface area contributed by atoms with Gasteiger partial charge in [0, 0.05) is 15.6 Å². The Bertz CT molecular complexity index is 503. The third kappa shape index (κ3) is 1.44. The van der Waals surface area contributed by atoms with Crippen LogP contribution in [0.2, 0.25) is 0 Å². The second kappa shape index (κ2) is 3.35. The number of hydrogen-bond acceptors (Lipinski definition) is 1. The van der Waals surface area contributed by atoms with Crippen LogP contribution in [0.1, 0.15) is 16.8 Å². The first kappa shape index (κ1) is 9.66. The minimum atomic E-state index is 1.05. The summed E-state index contributed by atoms with van der Waals surface area (Å²) in [5.74, 6) is 0. The minimum Gasteiger partial charge on any atom is -0.253 e. The highest BCUT2D eigenvalue weighted by Crippen LogP contribution is 2.28. The van der Waals surface area contributed by atoms with Crippen LogP contribution >= 0.6 is 15.9 Å². The lowest BCUT2D eigenvalue weighted by Crippen LogP contribution is -1.90. The van der Waals surface area contributed by atoms with Gasteiger partial charge >= 0.3 is 0 Å². The van der Waals surface area contributed by atoms with E-state index in [-0.39, 0.29) is 0 Å². The maximum Gasteiger partial charge on any atom is 0.0748 e. The Labute approximate surface area is 92.3 Å². The Morgan fingerprint density at radius 3 is 2.43 bits per heavy atom. The number of nitrogens with zero attached hydrogens (tertiary/aromatic N) is 1. The van der Waals surface area contributed by atoms with Gasteiger partial charge in [-0.25, -0.2) is 0 Å². The normalized spacial score (nSPS) is 10.9. The Morgan fingerprint density at radius 2 is 1.71 bits per heavy atom. The van der Waals surface area contributed by atoms with Gasteiger partial charge in [-0.2, -0.15) is 0 Å². The molecular formula is C12H12BrN. The van der Waals surface area contributed by atoms with Crippen molar-refractivity contribution in [3.05, 3.63) is 39.5 Å². The zero-order valence-electron chi connectivity index (χ0n) is 8.56. The molecule has 1 nitrogen and oxygen atoms in total. The largest absolute Gasteiger partial charge is 0.253 e. The van der Waals surface area contributed by atoms with Crippen LogP contribution in [0.4, 0.5) is 0 Å². The smallest absolute Gasteiger partial charge is 0.0748 e. The first-order valence-corrected chi connectivity index (χ1v) is 5.42. The third-order valence-electron chi connectivity index (χ3n) is 2.45. The topological polar surface area (TPSA) is 12.9 Å². The van der Waals surface area contributed by atoms with Gasteiger partial charge in [-0.05, 0) is 38.0 Å². The first-order valence-electron chi connectivity index (χ1n) is 4.62. The minimum absolute atomic E-state index is 1.05. The van der Waals surface area contributed by atoms with Crippen molar-refractivity contribution in [1.29, 1.82) is 0 Å². The average Bonchev–Trinajstić information content (AvgIpc) is 2.10. The van der Waals surface area contributed by atoms with Crippen molar-refractivity contribution >= 4 is 26.8 Å². The first-order chi connectivity index (χ1) is 6.59. The SMILES string of the molecule is Cc1cc(Br)c2c(C)ccc(C)c2n1. The molecule has 1 aromatic carbocycles. The summed E-state index contributed by atoms with van der Waals surface area (Å²) in [5.41, 5.74) is 4.66. The summed E-state index contributed by atoms with van der Waals surface area (Å²) in [6, 6.07) is 6.32. The standard InChI is InChI=1S/C12H12BrN/c1-7-4-5-8(2)12-11(7)10(13)6-9(3)14-12/h4-6H,1-3H3. The highest BCUT2D eigenvalue weighted by atomic mass is 79.9. The van der Waals surface area contributed by atoms with E-state index in [0.717, 1.165) is 15.7 Å². The predicted molar refractivity (Wildman–Crippen MR) is 63.7 cm³/mol. The summed E-state index contributed by atoms with van der Waals surface area (Å²) in [4.78, 5) is 4.57. The van der Waals surface area contributed by atoms with Gasteiger partial charge in [-0.1, -0.05) is 28.1 Å². The lowest BCUT2D eigenvalue weighted by molar-refractivity contribution is 1.23. The number of fused-ring (bicyclic) bond motifs is 1. The van der Waals surface area contributed by atoms with Gasteiger partial charge in [-0.15, -0.1) is 0 Å². The number of aryl methyl sites for hydroxylation is 3. The van der Waals surface area contributed by atoms with Crippen LogP contribution < -0.4 is 0 Å². The van der Waals surface area contributed by atoms with Crippen LogP contribution in [0.3, 0.4) is 0 Å². The molecule has 0 aliphatic carbocycles. The molecule has 0 unspecified atom stereocenters. The summed E-state index contributed by atoms with van der Waals surface area (Å²) in [7, 11) is 0. The second-order valence-corrected chi connectivity index (χ2v) is 4.52. The van der Waals surface area contributed by atoms with E-state index in [9.17, 15) is 0 Å². The van der Waals surface area contributed by atoms with Gasteiger partial charge in [0.1, 0.15) is 0 Å². The third-order valence-corrected chi connectivity index (χ3v) is 3.08. The van der Waals surface area contributed by atoms with Crippen LogP contribution in [0.15, 0.2) is 22.7 Å². The van der Waals surface area contributed by atoms with E-state index in [1.54, 1.807) is 0 Å². The Balaban J connectivity index is 3.00. The maximum atomic E-state index is 4.57. The summed E-state index contributed by atoms with van der Waals surface area (Å²) in [6.07, 6.45) is 0. The molecule has 0 atom stereocenters. The molecule has 72 valence electrons. The van der Waals surface area contributed by atoms with Crippen LogP contribution in [-0.2, 0) is 0 Å². The second-order valence-electron chi connectivity index (χ2n) is 3.67. The Hall–Kier alpha value is -0.890. The van der Waals surface area contributed by atoms with E-state index < -0.39 is 0 Å². The molecule has 0 aliphatic heterocycles. The monoisotopic (exact) mass is 249 g/mol. The predicted octanol–water partition coefficient (Wildman–Crippen LogP) is 3.92. The van der Waals surface area contributed by atoms with E-state index in [2.05, 4.69) is 53.0 Å². The zero-order valence-corrected chi connectivity index (χ0v) is 10.1. The Morgan fingerprint density at radius 1 is 1.07 bits per heavy atom. The van der Waals surface area contributed by atoms with Gasteiger partial charge in [0.05, 0.1) is 5.52 Å². The fraction of sp³-hybridized carbons (Fsp3) is 0.250. The van der Waals surface area contributed by atoms with Gasteiger partial charge < -0.3 is 0 Å². The van der Waals surface area contributed by atoms with Crippen molar-refractivity contribution in [3.63, 3.8) is 0 Å². The quantitative estimate of drug-likeness (QED) is 0.690. The number of benzene rings is 1. The van der Waals surface area contributed by atoms with E-state index in [4.69, 9.17) is 0 Å². The molecule has 0 radical (unpaired) electrons. The van der Waals surface area contributed by atoms with Gasteiger partial charge in [-0.3, -0.25) is 4.98 Å². The maximum absolute atomic E-state index is 4.57. The fourth-order valence-electron chi connectivity index (χ4n) is 1.71. The summed E-state index contributed by atoms with van der Waals surface area (Å²) < 4.78 is 1.14. The molecule has 2 aromatic rings. The lowest BCUT2D eigenvalue weighted by atomic mass is 10.1. The summed E-state index contributed by atoms with van der Waals surface area (Å²) in [5, 5.41) is 1.23. The highest BCUT2D eigenvalue weighted by molar-refractivity contribution is 9.10. The summed E-state index contributed by atoms with van der Waals surface area (Å²) >= 11 is 3.59. The number of rotatable bonds is 0. The molecule has 0 N–H and O–H groups in total. The number of halogens is 1. The van der Waals surface area contributed by atoms with Gasteiger partial charge in [0.15, 0.2) is 0 Å². The van der Waals surface area contributed by atoms with Crippen LogP contribution in [-0.4, -0.2) is 4.98 Å². The van der Waals surface area contributed by atoms with Crippen LogP contribution in [0.25, 0.3) is 10.9 Å². The molecule has 1 heterocycles. The number of pyridine rings is 1. The molecule has 0 amide bonds. The molecule has 14 heavy (non-hydrogen) atoms. The molecule has 0 bridgehead atoms. The van der Waals surface area contributed by atoms with Gasteiger partial charge in [0.2, 0.25) is 0 Å². The molecule has 2 rings (SSSR count). The lowest BCUT2D eigenvalue weighted by Gasteiger charge is -2.07. The van der Waals surface area contributed by atoms with E-state index in [1.807, 2.05) is 6.92 Å². The zero-order chi connectivity index (χ0) is 10.3.